The molecule has 0 fully saturated rings. The van der Waals surface area contributed by atoms with E-state index in [4.69, 9.17) is 4.74 Å². The molecule has 0 saturated heterocycles. The Morgan fingerprint density at radius 2 is 1.82 bits per heavy atom. The maximum atomic E-state index is 5.51. The van der Waals surface area contributed by atoms with Gasteiger partial charge in [-0.15, -0.1) is 0 Å². The highest BCUT2D eigenvalue weighted by Gasteiger charge is 2.19. The Morgan fingerprint density at radius 1 is 1.18 bits per heavy atom. The molecule has 0 amide bonds. The molecule has 0 aliphatic heterocycles. The Bertz CT molecular complexity index is 500. The van der Waals surface area contributed by atoms with Gasteiger partial charge in [-0.3, -0.25) is 0 Å². The van der Waals surface area contributed by atoms with Crippen molar-refractivity contribution in [1.29, 1.82) is 0 Å². The van der Waals surface area contributed by atoms with Gasteiger partial charge in [-0.25, -0.2) is 4.68 Å². The minimum atomic E-state index is 0.405. The molecule has 90 valence electrons. The van der Waals surface area contributed by atoms with Gasteiger partial charge in [-0.2, -0.15) is 5.10 Å². The Labute approximate surface area is 102 Å². The van der Waals surface area contributed by atoms with Crippen LogP contribution in [0.2, 0.25) is 0 Å². The molecule has 0 unspecified atom stereocenters. The van der Waals surface area contributed by atoms with E-state index in [1.165, 1.54) is 5.56 Å². The van der Waals surface area contributed by atoms with Crippen molar-refractivity contribution in [1.82, 2.24) is 9.78 Å². The number of aryl methyl sites for hydroxylation is 1. The molecule has 2 rings (SSSR count). The van der Waals surface area contributed by atoms with E-state index in [0.29, 0.717) is 5.92 Å². The van der Waals surface area contributed by atoms with Crippen molar-refractivity contribution < 1.29 is 4.74 Å². The fraction of sp³-hybridized carbons (Fsp3) is 0.357. The summed E-state index contributed by atoms with van der Waals surface area (Å²) in [4.78, 5) is 0. The van der Waals surface area contributed by atoms with E-state index in [1.54, 1.807) is 7.11 Å². The van der Waals surface area contributed by atoms with Gasteiger partial charge in [0.1, 0.15) is 0 Å². The molecule has 1 aromatic heterocycles. The lowest BCUT2D eigenvalue weighted by Gasteiger charge is -2.09. The van der Waals surface area contributed by atoms with Gasteiger partial charge in [0, 0.05) is 5.56 Å². The molecule has 17 heavy (non-hydrogen) atoms. The van der Waals surface area contributed by atoms with Crippen molar-refractivity contribution in [2.75, 3.05) is 7.11 Å². The average Bonchev–Trinajstić information content (AvgIpc) is 2.67. The maximum Gasteiger partial charge on any atom is 0.220 e. The average molecular weight is 230 g/mol. The number of hydrogen-bond donors (Lipinski definition) is 0. The first kappa shape index (κ1) is 11.7. The molecule has 3 heteroatoms. The van der Waals surface area contributed by atoms with Crippen molar-refractivity contribution in [3.05, 3.63) is 41.6 Å². The van der Waals surface area contributed by atoms with Crippen molar-refractivity contribution in [3.63, 3.8) is 0 Å². The Morgan fingerprint density at radius 3 is 2.35 bits per heavy atom. The topological polar surface area (TPSA) is 27.1 Å². The molecule has 0 bridgehead atoms. The van der Waals surface area contributed by atoms with E-state index >= 15 is 0 Å². The zero-order chi connectivity index (χ0) is 12.4. The summed E-state index contributed by atoms with van der Waals surface area (Å²) in [5.74, 6) is 1.24. The Balaban J connectivity index is 2.60. The van der Waals surface area contributed by atoms with Crippen molar-refractivity contribution in [2.45, 2.75) is 26.7 Å². The molecular formula is C14H18N2O. The summed E-state index contributed by atoms with van der Waals surface area (Å²) in [7, 11) is 1.70. The lowest BCUT2D eigenvalue weighted by atomic mass is 10.0. The number of nitrogens with zero attached hydrogens (tertiary/aromatic N) is 2. The second-order valence-electron chi connectivity index (χ2n) is 4.41. The fourth-order valence-corrected chi connectivity index (χ4v) is 2.12. The monoisotopic (exact) mass is 230 g/mol. The van der Waals surface area contributed by atoms with E-state index in [-0.39, 0.29) is 0 Å². The second-order valence-corrected chi connectivity index (χ2v) is 4.41. The first-order valence-corrected chi connectivity index (χ1v) is 5.84. The standard InChI is InChI=1S/C14H18N2O/c1-10(2)13-11(3)15-16(14(13)17-4)12-8-6-5-7-9-12/h5-10H,1-4H3. The first-order valence-electron chi connectivity index (χ1n) is 5.84. The molecule has 0 saturated carbocycles. The van der Waals surface area contributed by atoms with Gasteiger partial charge in [-0.1, -0.05) is 32.0 Å². The van der Waals surface area contributed by atoms with Crippen LogP contribution in [0.25, 0.3) is 5.69 Å². The fourth-order valence-electron chi connectivity index (χ4n) is 2.12. The largest absolute Gasteiger partial charge is 0.481 e. The highest BCUT2D eigenvalue weighted by atomic mass is 16.5. The van der Waals surface area contributed by atoms with Gasteiger partial charge < -0.3 is 4.74 Å². The Hall–Kier alpha value is -1.77. The lowest BCUT2D eigenvalue weighted by Crippen LogP contribution is -2.00. The van der Waals surface area contributed by atoms with E-state index in [2.05, 4.69) is 18.9 Å². The van der Waals surface area contributed by atoms with Gasteiger partial charge in [0.05, 0.1) is 18.5 Å². The molecule has 1 heterocycles. The molecule has 0 aliphatic carbocycles. The third kappa shape index (κ3) is 2.05. The molecule has 0 radical (unpaired) electrons. The van der Waals surface area contributed by atoms with Gasteiger partial charge in [0.2, 0.25) is 5.88 Å². The molecule has 1 aromatic carbocycles. The normalized spacial score (nSPS) is 10.9. The smallest absolute Gasteiger partial charge is 0.220 e. The zero-order valence-corrected chi connectivity index (χ0v) is 10.8. The van der Waals surface area contributed by atoms with Gasteiger partial charge in [-0.05, 0) is 25.0 Å². The summed E-state index contributed by atoms with van der Waals surface area (Å²) < 4.78 is 7.38. The summed E-state index contributed by atoms with van der Waals surface area (Å²) in [5.41, 5.74) is 3.23. The minimum Gasteiger partial charge on any atom is -0.481 e. The third-order valence-electron chi connectivity index (χ3n) is 2.83. The number of rotatable bonds is 3. The van der Waals surface area contributed by atoms with E-state index < -0.39 is 0 Å². The summed E-state index contributed by atoms with van der Waals surface area (Å²) in [6.07, 6.45) is 0. The van der Waals surface area contributed by atoms with E-state index in [9.17, 15) is 0 Å². The molecule has 0 aliphatic rings. The quantitative estimate of drug-likeness (QED) is 0.808. The highest BCUT2D eigenvalue weighted by Crippen LogP contribution is 2.31. The summed E-state index contributed by atoms with van der Waals surface area (Å²) in [6.45, 7) is 6.33. The van der Waals surface area contributed by atoms with Crippen molar-refractivity contribution in [2.24, 2.45) is 0 Å². The minimum absolute atomic E-state index is 0.405. The predicted molar refractivity (Wildman–Crippen MR) is 68.9 cm³/mol. The summed E-state index contributed by atoms with van der Waals surface area (Å²) >= 11 is 0. The van der Waals surface area contributed by atoms with Crippen LogP contribution in [-0.4, -0.2) is 16.9 Å². The third-order valence-corrected chi connectivity index (χ3v) is 2.83. The van der Waals surface area contributed by atoms with Gasteiger partial charge >= 0.3 is 0 Å². The molecule has 0 N–H and O–H groups in total. The predicted octanol–water partition coefficient (Wildman–Crippen LogP) is 3.31. The molecular weight excluding hydrogens is 212 g/mol. The van der Waals surface area contributed by atoms with Crippen LogP contribution in [-0.2, 0) is 0 Å². The van der Waals surface area contributed by atoms with Crippen LogP contribution in [0.4, 0.5) is 0 Å². The second kappa shape index (κ2) is 4.62. The number of ether oxygens (including phenoxy) is 1. The molecule has 2 aromatic rings. The van der Waals surface area contributed by atoms with Gasteiger partial charge in [0.25, 0.3) is 0 Å². The van der Waals surface area contributed by atoms with Crippen LogP contribution in [0.1, 0.15) is 31.0 Å². The van der Waals surface area contributed by atoms with E-state index in [0.717, 1.165) is 17.3 Å². The van der Waals surface area contributed by atoms with Crippen LogP contribution in [0.3, 0.4) is 0 Å². The van der Waals surface area contributed by atoms with Crippen LogP contribution in [0, 0.1) is 6.92 Å². The number of methoxy groups -OCH3 is 1. The summed E-state index contributed by atoms with van der Waals surface area (Å²) in [5, 5.41) is 4.56. The van der Waals surface area contributed by atoms with Crippen molar-refractivity contribution in [3.8, 4) is 11.6 Å². The first-order chi connectivity index (χ1) is 8.15. The molecule has 3 nitrogen and oxygen atoms in total. The van der Waals surface area contributed by atoms with Crippen molar-refractivity contribution >= 4 is 0 Å². The van der Waals surface area contributed by atoms with Gasteiger partial charge in [0.15, 0.2) is 0 Å². The molecule has 0 atom stereocenters. The van der Waals surface area contributed by atoms with Crippen LogP contribution in [0.15, 0.2) is 30.3 Å². The number of para-hydroxylation sites is 1. The number of aromatic nitrogens is 2. The number of benzene rings is 1. The zero-order valence-electron chi connectivity index (χ0n) is 10.8. The molecule has 0 spiro atoms. The SMILES string of the molecule is COc1c(C(C)C)c(C)nn1-c1ccccc1. The van der Waals surface area contributed by atoms with Crippen LogP contribution in [0.5, 0.6) is 5.88 Å². The maximum absolute atomic E-state index is 5.51. The number of hydrogen-bond acceptors (Lipinski definition) is 2. The Kier molecular flexibility index (Phi) is 3.18. The van der Waals surface area contributed by atoms with Crippen LogP contribution >= 0.6 is 0 Å². The van der Waals surface area contributed by atoms with E-state index in [1.807, 2.05) is 41.9 Å². The lowest BCUT2D eigenvalue weighted by molar-refractivity contribution is 0.377. The van der Waals surface area contributed by atoms with Crippen LogP contribution < -0.4 is 4.74 Å². The highest BCUT2D eigenvalue weighted by molar-refractivity contribution is 5.42. The summed E-state index contributed by atoms with van der Waals surface area (Å²) in [6, 6.07) is 10.1.